The standard InChI is InChI=1S/C19H23FN4S/c1-14-7-8-15(13-16(14)20)21-19(25)22-17-5-3-4-6-18(17)24-11-9-23(2)10-12-24/h3-8,13H,9-12H2,1-2H3,(H2,21,22,25). The number of aryl methyl sites for hydroxylation is 1. The van der Waals surface area contributed by atoms with Crippen LogP contribution in [0.5, 0.6) is 0 Å². The van der Waals surface area contributed by atoms with Gasteiger partial charge >= 0.3 is 0 Å². The summed E-state index contributed by atoms with van der Waals surface area (Å²) in [4.78, 5) is 4.68. The van der Waals surface area contributed by atoms with Crippen molar-refractivity contribution in [3.8, 4) is 0 Å². The second-order valence-electron chi connectivity index (χ2n) is 6.35. The Kier molecular flexibility index (Phi) is 5.50. The highest BCUT2D eigenvalue weighted by Gasteiger charge is 2.17. The number of likely N-dealkylation sites (N-methyl/N-ethyl adjacent to an activating group) is 1. The van der Waals surface area contributed by atoms with Crippen LogP contribution in [0.3, 0.4) is 0 Å². The van der Waals surface area contributed by atoms with E-state index >= 15 is 0 Å². The van der Waals surface area contributed by atoms with Crippen molar-refractivity contribution >= 4 is 34.4 Å². The van der Waals surface area contributed by atoms with Crippen LogP contribution in [-0.2, 0) is 0 Å². The van der Waals surface area contributed by atoms with Crippen molar-refractivity contribution in [2.45, 2.75) is 6.92 Å². The highest BCUT2D eigenvalue weighted by Crippen LogP contribution is 2.26. The third-order valence-electron chi connectivity index (χ3n) is 4.43. The van der Waals surface area contributed by atoms with E-state index in [2.05, 4.69) is 33.5 Å². The minimum atomic E-state index is -0.245. The molecule has 1 aliphatic rings. The summed E-state index contributed by atoms with van der Waals surface area (Å²) in [5.74, 6) is -0.245. The van der Waals surface area contributed by atoms with Crippen LogP contribution in [0.1, 0.15) is 5.56 Å². The molecule has 132 valence electrons. The number of benzene rings is 2. The quantitative estimate of drug-likeness (QED) is 0.817. The largest absolute Gasteiger partial charge is 0.367 e. The number of piperazine rings is 1. The maximum absolute atomic E-state index is 13.7. The first-order valence-electron chi connectivity index (χ1n) is 8.39. The van der Waals surface area contributed by atoms with Crippen molar-refractivity contribution in [1.29, 1.82) is 0 Å². The lowest BCUT2D eigenvalue weighted by molar-refractivity contribution is 0.313. The van der Waals surface area contributed by atoms with Gasteiger partial charge in [-0.1, -0.05) is 18.2 Å². The Morgan fingerprint density at radius 2 is 1.76 bits per heavy atom. The first-order chi connectivity index (χ1) is 12.0. The lowest BCUT2D eigenvalue weighted by Gasteiger charge is -2.35. The minimum Gasteiger partial charge on any atom is -0.367 e. The highest BCUT2D eigenvalue weighted by molar-refractivity contribution is 7.80. The fourth-order valence-corrected chi connectivity index (χ4v) is 3.09. The Hall–Kier alpha value is -2.18. The molecule has 1 saturated heterocycles. The van der Waals surface area contributed by atoms with Crippen LogP contribution in [-0.4, -0.2) is 43.2 Å². The van der Waals surface area contributed by atoms with Gasteiger partial charge in [0, 0.05) is 31.9 Å². The van der Waals surface area contributed by atoms with Gasteiger partial charge in [-0.25, -0.2) is 4.39 Å². The van der Waals surface area contributed by atoms with Crippen LogP contribution in [0.2, 0.25) is 0 Å². The molecule has 2 aromatic carbocycles. The van der Waals surface area contributed by atoms with E-state index in [1.165, 1.54) is 6.07 Å². The van der Waals surface area contributed by atoms with E-state index in [0.717, 1.165) is 37.6 Å². The average Bonchev–Trinajstić information content (AvgIpc) is 2.59. The smallest absolute Gasteiger partial charge is 0.175 e. The minimum absolute atomic E-state index is 0.245. The molecule has 2 aromatic rings. The Morgan fingerprint density at radius 3 is 2.48 bits per heavy atom. The number of nitrogens with zero attached hydrogens (tertiary/aromatic N) is 2. The van der Waals surface area contributed by atoms with Gasteiger partial charge in [-0.05, 0) is 56.0 Å². The van der Waals surface area contributed by atoms with Crippen LogP contribution in [0.25, 0.3) is 0 Å². The second kappa shape index (κ2) is 7.80. The van der Waals surface area contributed by atoms with Gasteiger partial charge < -0.3 is 20.4 Å². The van der Waals surface area contributed by atoms with E-state index in [4.69, 9.17) is 12.2 Å². The molecule has 0 saturated carbocycles. The molecule has 0 aromatic heterocycles. The van der Waals surface area contributed by atoms with Gasteiger partial charge in [0.2, 0.25) is 0 Å². The highest BCUT2D eigenvalue weighted by atomic mass is 32.1. The molecule has 1 aliphatic heterocycles. The van der Waals surface area contributed by atoms with Gasteiger partial charge in [-0.15, -0.1) is 0 Å². The number of hydrogen-bond acceptors (Lipinski definition) is 3. The number of hydrogen-bond donors (Lipinski definition) is 2. The topological polar surface area (TPSA) is 30.5 Å². The third kappa shape index (κ3) is 4.46. The number of rotatable bonds is 3. The van der Waals surface area contributed by atoms with Crippen LogP contribution >= 0.6 is 12.2 Å². The van der Waals surface area contributed by atoms with Crippen LogP contribution in [0, 0.1) is 12.7 Å². The predicted octanol–water partition coefficient (Wildman–Crippen LogP) is 3.69. The van der Waals surface area contributed by atoms with E-state index in [0.29, 0.717) is 16.4 Å². The summed E-state index contributed by atoms with van der Waals surface area (Å²) in [6.45, 7) is 5.79. The Morgan fingerprint density at radius 1 is 1.04 bits per heavy atom. The lowest BCUT2D eigenvalue weighted by atomic mass is 10.2. The third-order valence-corrected chi connectivity index (χ3v) is 4.63. The van der Waals surface area contributed by atoms with Gasteiger partial charge in [0.1, 0.15) is 5.82 Å². The summed E-state index contributed by atoms with van der Waals surface area (Å²) in [6, 6.07) is 13.1. The predicted molar refractivity (Wildman–Crippen MR) is 107 cm³/mol. The number of para-hydroxylation sites is 2. The van der Waals surface area contributed by atoms with E-state index in [1.54, 1.807) is 13.0 Å². The molecular weight excluding hydrogens is 335 g/mol. The number of nitrogens with one attached hydrogen (secondary N) is 2. The maximum Gasteiger partial charge on any atom is 0.175 e. The van der Waals surface area contributed by atoms with Gasteiger partial charge in [0.15, 0.2) is 5.11 Å². The van der Waals surface area contributed by atoms with Crippen molar-refractivity contribution < 1.29 is 4.39 Å². The maximum atomic E-state index is 13.7. The molecule has 1 heterocycles. The zero-order chi connectivity index (χ0) is 17.8. The summed E-state index contributed by atoms with van der Waals surface area (Å²) in [6.07, 6.45) is 0. The molecule has 1 fully saturated rings. The van der Waals surface area contributed by atoms with Gasteiger partial charge in [-0.2, -0.15) is 0 Å². The van der Waals surface area contributed by atoms with Crippen molar-refractivity contribution in [3.05, 3.63) is 53.8 Å². The summed E-state index contributed by atoms with van der Waals surface area (Å²) in [5, 5.41) is 6.74. The average molecular weight is 358 g/mol. The molecule has 2 N–H and O–H groups in total. The Balaban J connectivity index is 1.70. The van der Waals surface area contributed by atoms with Crippen molar-refractivity contribution in [1.82, 2.24) is 4.90 Å². The fourth-order valence-electron chi connectivity index (χ4n) is 2.86. The van der Waals surface area contributed by atoms with Crippen LogP contribution < -0.4 is 15.5 Å². The first-order valence-corrected chi connectivity index (χ1v) is 8.80. The summed E-state index contributed by atoms with van der Waals surface area (Å²) in [7, 11) is 2.14. The molecular formula is C19H23FN4S. The summed E-state index contributed by atoms with van der Waals surface area (Å²) >= 11 is 5.40. The van der Waals surface area contributed by atoms with E-state index < -0.39 is 0 Å². The van der Waals surface area contributed by atoms with Crippen molar-refractivity contribution in [2.24, 2.45) is 0 Å². The van der Waals surface area contributed by atoms with Crippen LogP contribution in [0.4, 0.5) is 21.5 Å². The molecule has 0 unspecified atom stereocenters. The van der Waals surface area contributed by atoms with Crippen molar-refractivity contribution in [2.75, 3.05) is 48.8 Å². The molecule has 0 radical (unpaired) electrons. The first kappa shape index (κ1) is 17.6. The molecule has 25 heavy (non-hydrogen) atoms. The van der Waals surface area contributed by atoms with E-state index in [-0.39, 0.29) is 5.82 Å². The van der Waals surface area contributed by atoms with Gasteiger partial charge in [0.05, 0.1) is 11.4 Å². The van der Waals surface area contributed by atoms with Crippen LogP contribution in [0.15, 0.2) is 42.5 Å². The normalized spacial score (nSPS) is 15.1. The molecule has 6 heteroatoms. The Bertz CT molecular complexity index is 757. The molecule has 0 bridgehead atoms. The van der Waals surface area contributed by atoms with E-state index in [1.807, 2.05) is 24.3 Å². The monoisotopic (exact) mass is 358 g/mol. The molecule has 4 nitrogen and oxygen atoms in total. The fraction of sp³-hybridized carbons (Fsp3) is 0.316. The summed E-state index contributed by atoms with van der Waals surface area (Å²) in [5.41, 5.74) is 3.34. The lowest BCUT2D eigenvalue weighted by Crippen LogP contribution is -2.44. The number of thiocarbonyl (C=S) groups is 1. The molecule has 0 spiro atoms. The SMILES string of the molecule is Cc1ccc(NC(=S)Nc2ccccc2N2CCN(C)CC2)cc1F. The van der Waals surface area contributed by atoms with Gasteiger partial charge in [-0.3, -0.25) is 0 Å². The van der Waals surface area contributed by atoms with E-state index in [9.17, 15) is 4.39 Å². The molecule has 0 atom stereocenters. The Labute approximate surface area is 153 Å². The molecule has 3 rings (SSSR count). The number of anilines is 3. The molecule has 0 amide bonds. The zero-order valence-electron chi connectivity index (χ0n) is 14.6. The van der Waals surface area contributed by atoms with Gasteiger partial charge in [0.25, 0.3) is 0 Å². The second-order valence-corrected chi connectivity index (χ2v) is 6.76. The zero-order valence-corrected chi connectivity index (χ0v) is 15.4. The number of halogens is 1. The van der Waals surface area contributed by atoms with Crippen molar-refractivity contribution in [3.63, 3.8) is 0 Å². The summed E-state index contributed by atoms with van der Waals surface area (Å²) < 4.78 is 13.7. The molecule has 0 aliphatic carbocycles.